The largest absolute Gasteiger partial charge is 0.467 e. The van der Waals surface area contributed by atoms with Crippen LogP contribution >= 0.6 is 0 Å². The second-order valence-corrected chi connectivity index (χ2v) is 5.22. The monoisotopic (exact) mass is 311 g/mol. The van der Waals surface area contributed by atoms with Gasteiger partial charge in [0.05, 0.1) is 12.8 Å². The van der Waals surface area contributed by atoms with E-state index in [2.05, 4.69) is 15.5 Å². The number of nitrogens with one attached hydrogen (secondary N) is 1. The summed E-state index contributed by atoms with van der Waals surface area (Å²) in [6.45, 7) is 2.40. The maximum Gasteiger partial charge on any atom is 0.247 e. The fourth-order valence-electron chi connectivity index (χ4n) is 2.08. The molecule has 0 aliphatic carbocycles. The summed E-state index contributed by atoms with van der Waals surface area (Å²) in [4.78, 5) is 11.8. The number of rotatable bonds is 6. The molecule has 1 amide bonds. The first-order chi connectivity index (χ1) is 11.2. The predicted molar refractivity (Wildman–Crippen MR) is 83.3 cm³/mol. The molecule has 0 saturated carbocycles. The average Bonchev–Trinajstić information content (AvgIpc) is 3.23. The topological polar surface area (TPSA) is 81.2 Å². The van der Waals surface area contributed by atoms with E-state index >= 15 is 0 Å². The van der Waals surface area contributed by atoms with Crippen LogP contribution in [0.3, 0.4) is 0 Å². The maximum absolute atomic E-state index is 11.8. The van der Waals surface area contributed by atoms with Gasteiger partial charge in [0.15, 0.2) is 0 Å². The third-order valence-electron chi connectivity index (χ3n) is 3.37. The van der Waals surface area contributed by atoms with Crippen LogP contribution in [0.4, 0.5) is 0 Å². The van der Waals surface area contributed by atoms with Crippen molar-refractivity contribution in [2.75, 3.05) is 0 Å². The standard InChI is InChI=1S/C17H17N3O3/c1-12-4-6-13(7-5-12)17-20-19-16(23-17)9-8-15(21)18-11-14-3-2-10-22-14/h2-7,10H,8-9,11H2,1H3,(H,18,21). The van der Waals surface area contributed by atoms with Gasteiger partial charge in [-0.1, -0.05) is 17.7 Å². The van der Waals surface area contributed by atoms with Crippen LogP contribution in [0.5, 0.6) is 0 Å². The minimum Gasteiger partial charge on any atom is -0.467 e. The molecular formula is C17H17N3O3. The van der Waals surface area contributed by atoms with Gasteiger partial charge in [-0.3, -0.25) is 4.79 Å². The zero-order valence-corrected chi connectivity index (χ0v) is 12.8. The Bertz CT molecular complexity index is 761. The number of carbonyl (C=O) groups is 1. The Balaban J connectivity index is 1.50. The second-order valence-electron chi connectivity index (χ2n) is 5.22. The lowest BCUT2D eigenvalue weighted by atomic mass is 10.1. The molecule has 3 rings (SSSR count). The summed E-state index contributed by atoms with van der Waals surface area (Å²) in [7, 11) is 0. The van der Waals surface area contributed by atoms with E-state index in [-0.39, 0.29) is 12.3 Å². The molecule has 0 saturated heterocycles. The highest BCUT2D eigenvalue weighted by molar-refractivity contribution is 5.75. The Hall–Kier alpha value is -2.89. The van der Waals surface area contributed by atoms with Crippen LogP contribution in [0.1, 0.15) is 23.6 Å². The van der Waals surface area contributed by atoms with E-state index in [0.717, 1.165) is 11.3 Å². The Labute approximate surface area is 133 Å². The lowest BCUT2D eigenvalue weighted by molar-refractivity contribution is -0.121. The van der Waals surface area contributed by atoms with Gasteiger partial charge in [0, 0.05) is 18.4 Å². The van der Waals surface area contributed by atoms with Crippen LogP contribution in [-0.4, -0.2) is 16.1 Å². The van der Waals surface area contributed by atoms with Gasteiger partial charge in [0.2, 0.25) is 17.7 Å². The number of amides is 1. The summed E-state index contributed by atoms with van der Waals surface area (Å²) in [5.74, 6) is 1.55. The molecule has 3 aromatic rings. The van der Waals surface area contributed by atoms with Crippen molar-refractivity contribution in [1.82, 2.24) is 15.5 Å². The number of hydrogen-bond acceptors (Lipinski definition) is 5. The van der Waals surface area contributed by atoms with Crippen molar-refractivity contribution in [3.63, 3.8) is 0 Å². The minimum absolute atomic E-state index is 0.0866. The number of furan rings is 1. The van der Waals surface area contributed by atoms with Crippen molar-refractivity contribution < 1.29 is 13.6 Å². The van der Waals surface area contributed by atoms with Crippen molar-refractivity contribution >= 4 is 5.91 Å². The molecule has 0 aliphatic rings. The first-order valence-electron chi connectivity index (χ1n) is 7.39. The van der Waals surface area contributed by atoms with Crippen LogP contribution in [0.15, 0.2) is 51.5 Å². The van der Waals surface area contributed by atoms with E-state index in [1.165, 1.54) is 5.56 Å². The first-order valence-corrected chi connectivity index (χ1v) is 7.39. The van der Waals surface area contributed by atoms with Gasteiger partial charge in [-0.05, 0) is 31.2 Å². The molecule has 6 heteroatoms. The van der Waals surface area contributed by atoms with Crippen molar-refractivity contribution in [2.45, 2.75) is 26.3 Å². The third-order valence-corrected chi connectivity index (χ3v) is 3.37. The lowest BCUT2D eigenvalue weighted by Gasteiger charge is -2.01. The van der Waals surface area contributed by atoms with E-state index < -0.39 is 0 Å². The quantitative estimate of drug-likeness (QED) is 0.757. The predicted octanol–water partition coefficient (Wildman–Crippen LogP) is 2.89. The molecule has 0 spiro atoms. The van der Waals surface area contributed by atoms with Crippen LogP contribution in [0.2, 0.25) is 0 Å². The Morgan fingerprint density at radius 3 is 2.74 bits per heavy atom. The fourth-order valence-corrected chi connectivity index (χ4v) is 2.08. The molecule has 23 heavy (non-hydrogen) atoms. The second kappa shape index (κ2) is 6.91. The van der Waals surface area contributed by atoms with Crippen molar-refractivity contribution in [1.29, 1.82) is 0 Å². The van der Waals surface area contributed by atoms with Gasteiger partial charge >= 0.3 is 0 Å². The summed E-state index contributed by atoms with van der Waals surface area (Å²) in [5, 5.41) is 10.8. The molecule has 0 fully saturated rings. The van der Waals surface area contributed by atoms with Gasteiger partial charge in [0.1, 0.15) is 5.76 Å². The number of carbonyl (C=O) groups excluding carboxylic acids is 1. The number of benzene rings is 1. The molecule has 2 heterocycles. The Morgan fingerprint density at radius 1 is 1.17 bits per heavy atom. The van der Waals surface area contributed by atoms with Crippen LogP contribution < -0.4 is 5.32 Å². The summed E-state index contributed by atoms with van der Waals surface area (Å²) in [6.07, 6.45) is 2.27. The van der Waals surface area contributed by atoms with E-state index in [1.54, 1.807) is 12.3 Å². The van der Waals surface area contributed by atoms with Crippen LogP contribution in [-0.2, 0) is 17.8 Å². The molecule has 2 aromatic heterocycles. The smallest absolute Gasteiger partial charge is 0.247 e. The van der Waals surface area contributed by atoms with Gasteiger partial charge in [0.25, 0.3) is 0 Å². The number of aryl methyl sites for hydroxylation is 2. The molecule has 0 aliphatic heterocycles. The van der Waals surface area contributed by atoms with E-state index in [0.29, 0.717) is 24.7 Å². The Morgan fingerprint density at radius 2 is 2.00 bits per heavy atom. The fraction of sp³-hybridized carbons (Fsp3) is 0.235. The number of hydrogen-bond donors (Lipinski definition) is 1. The molecule has 118 valence electrons. The highest BCUT2D eigenvalue weighted by atomic mass is 16.4. The third kappa shape index (κ3) is 4.06. The van der Waals surface area contributed by atoms with Crippen molar-refractivity contribution in [2.24, 2.45) is 0 Å². The van der Waals surface area contributed by atoms with E-state index in [9.17, 15) is 4.79 Å². The van der Waals surface area contributed by atoms with Crippen molar-refractivity contribution in [3.05, 3.63) is 59.9 Å². The molecule has 6 nitrogen and oxygen atoms in total. The molecule has 0 unspecified atom stereocenters. The van der Waals surface area contributed by atoms with E-state index in [4.69, 9.17) is 8.83 Å². The first kappa shape index (κ1) is 15.0. The lowest BCUT2D eigenvalue weighted by Crippen LogP contribution is -2.22. The van der Waals surface area contributed by atoms with Crippen LogP contribution in [0, 0.1) is 6.92 Å². The molecule has 1 aromatic carbocycles. The SMILES string of the molecule is Cc1ccc(-c2nnc(CCC(=O)NCc3ccco3)o2)cc1. The summed E-state index contributed by atoms with van der Waals surface area (Å²) >= 11 is 0. The molecule has 1 N–H and O–H groups in total. The van der Waals surface area contributed by atoms with Gasteiger partial charge in [-0.2, -0.15) is 0 Å². The molecule has 0 bridgehead atoms. The zero-order valence-electron chi connectivity index (χ0n) is 12.8. The average molecular weight is 311 g/mol. The summed E-state index contributed by atoms with van der Waals surface area (Å²) in [6, 6.07) is 11.4. The number of aromatic nitrogens is 2. The summed E-state index contributed by atoms with van der Waals surface area (Å²) < 4.78 is 10.7. The zero-order chi connectivity index (χ0) is 16.1. The van der Waals surface area contributed by atoms with Crippen molar-refractivity contribution in [3.8, 4) is 11.5 Å². The highest BCUT2D eigenvalue weighted by Crippen LogP contribution is 2.18. The normalized spacial score (nSPS) is 10.7. The molecule has 0 radical (unpaired) electrons. The number of nitrogens with zero attached hydrogens (tertiary/aromatic N) is 2. The maximum atomic E-state index is 11.8. The highest BCUT2D eigenvalue weighted by Gasteiger charge is 2.10. The van der Waals surface area contributed by atoms with Crippen LogP contribution in [0.25, 0.3) is 11.5 Å². The summed E-state index contributed by atoms with van der Waals surface area (Å²) in [5.41, 5.74) is 2.04. The molecular weight excluding hydrogens is 294 g/mol. The minimum atomic E-state index is -0.0866. The Kier molecular flexibility index (Phi) is 4.52. The van der Waals surface area contributed by atoms with Gasteiger partial charge in [-0.15, -0.1) is 10.2 Å². The van der Waals surface area contributed by atoms with Gasteiger partial charge < -0.3 is 14.2 Å². The van der Waals surface area contributed by atoms with E-state index in [1.807, 2.05) is 37.3 Å². The molecule has 0 atom stereocenters. The van der Waals surface area contributed by atoms with Gasteiger partial charge in [-0.25, -0.2) is 0 Å².